The molecule has 204 valence electrons. The minimum Gasteiger partial charge on any atom is -0.397 e. The third kappa shape index (κ3) is 6.17. The summed E-state index contributed by atoms with van der Waals surface area (Å²) in [6.07, 6.45) is 9.00. The number of pyridine rings is 2. The van der Waals surface area contributed by atoms with Gasteiger partial charge in [-0.15, -0.1) is 0 Å². The first-order valence-electron chi connectivity index (χ1n) is 13.4. The number of anilines is 2. The fourth-order valence-electron chi connectivity index (χ4n) is 5.67. The first kappa shape index (κ1) is 28.0. The zero-order valence-electron chi connectivity index (χ0n) is 23.1. The van der Waals surface area contributed by atoms with E-state index < -0.39 is 0 Å². The number of aromatic nitrogens is 2. The van der Waals surface area contributed by atoms with Crippen molar-refractivity contribution in [3.63, 3.8) is 0 Å². The van der Waals surface area contributed by atoms with Gasteiger partial charge in [-0.25, -0.2) is 4.98 Å². The molecule has 0 bridgehead atoms. The van der Waals surface area contributed by atoms with E-state index in [1.54, 1.807) is 12.1 Å². The zero-order valence-corrected chi connectivity index (χ0v) is 23.1. The number of rotatable bonds is 8. The van der Waals surface area contributed by atoms with Gasteiger partial charge >= 0.3 is 0 Å². The van der Waals surface area contributed by atoms with Crippen LogP contribution in [-0.2, 0) is 6.42 Å². The monoisotopic (exact) mass is 526 g/mol. The summed E-state index contributed by atoms with van der Waals surface area (Å²) in [6.45, 7) is 5.90. The van der Waals surface area contributed by atoms with Crippen LogP contribution in [0.4, 0.5) is 11.4 Å². The molecule has 0 spiro atoms. The second-order valence-electron chi connectivity index (χ2n) is 10.5. The van der Waals surface area contributed by atoms with E-state index in [0.717, 1.165) is 29.7 Å². The lowest BCUT2D eigenvalue weighted by molar-refractivity contribution is 0.0942. The van der Waals surface area contributed by atoms with Gasteiger partial charge in [-0.05, 0) is 93.3 Å². The molecule has 2 aromatic heterocycles. The highest BCUT2D eigenvalue weighted by molar-refractivity contribution is 5.96. The van der Waals surface area contributed by atoms with Crippen molar-refractivity contribution >= 4 is 23.6 Å². The number of amides is 1. The largest absolute Gasteiger partial charge is 0.397 e. The van der Waals surface area contributed by atoms with Crippen LogP contribution in [0.5, 0.6) is 0 Å². The molecule has 4 rings (SSSR count). The molecule has 0 saturated heterocycles. The number of allylic oxidation sites excluding steroid dienone is 1. The topological polar surface area (TPSA) is 136 Å². The highest BCUT2D eigenvalue weighted by Gasteiger charge is 2.33. The highest BCUT2D eigenvalue weighted by atomic mass is 16.1. The average Bonchev–Trinajstić information content (AvgIpc) is 2.93. The van der Waals surface area contributed by atoms with Crippen molar-refractivity contribution in [1.29, 1.82) is 0 Å². The van der Waals surface area contributed by atoms with Gasteiger partial charge in [0.05, 0.1) is 23.3 Å². The number of nitrogen functional groups attached to an aromatic ring is 1. The minimum atomic E-state index is -0.157. The number of hydrogen-bond donors (Lipinski definition) is 4. The quantitative estimate of drug-likeness (QED) is 0.246. The van der Waals surface area contributed by atoms with Crippen LogP contribution in [0.3, 0.4) is 0 Å². The smallest absolute Gasteiger partial charge is 0.251 e. The van der Waals surface area contributed by atoms with Gasteiger partial charge < -0.3 is 22.1 Å². The number of carbonyl (C=O) groups is 2. The number of carbonyl (C=O) groups excluding carboxylic acids is 2. The standard InChI is InChI=1S/C31H38N6O2/c1-5-23-21(13-22(15-27(23)33)24-10-11-35-16-29(24)34-4)12-19-6-7-20(31(39)36-18(2)3)14-25(19)28-9-8-26(32)30(17-38)37-28/h5-11,14,16-18,21-22,27,34H,12-13,15,32-33H2,1-4H3,(H,36,39)/b23-5+. The Balaban J connectivity index is 1.76. The summed E-state index contributed by atoms with van der Waals surface area (Å²) in [5.74, 6) is 0.306. The van der Waals surface area contributed by atoms with Crippen LogP contribution in [0, 0.1) is 5.92 Å². The molecule has 3 unspecified atom stereocenters. The van der Waals surface area contributed by atoms with Crippen LogP contribution >= 0.6 is 0 Å². The maximum atomic E-state index is 12.9. The Kier molecular flexibility index (Phi) is 8.76. The van der Waals surface area contributed by atoms with Crippen molar-refractivity contribution in [3.05, 3.63) is 82.8 Å². The lowest BCUT2D eigenvalue weighted by atomic mass is 9.70. The first-order chi connectivity index (χ1) is 18.7. The molecule has 1 aliphatic rings. The second-order valence-corrected chi connectivity index (χ2v) is 10.5. The summed E-state index contributed by atoms with van der Waals surface area (Å²) >= 11 is 0. The third-order valence-electron chi connectivity index (χ3n) is 7.51. The molecule has 3 aromatic rings. The summed E-state index contributed by atoms with van der Waals surface area (Å²) < 4.78 is 0. The molecule has 3 atom stereocenters. The second kappa shape index (κ2) is 12.2. The van der Waals surface area contributed by atoms with Gasteiger partial charge in [-0.1, -0.05) is 17.7 Å². The van der Waals surface area contributed by atoms with Gasteiger partial charge in [-0.2, -0.15) is 0 Å². The summed E-state index contributed by atoms with van der Waals surface area (Å²) in [4.78, 5) is 33.3. The van der Waals surface area contributed by atoms with Crippen LogP contribution in [0.15, 0.2) is 60.4 Å². The summed E-state index contributed by atoms with van der Waals surface area (Å²) in [6, 6.07) is 11.2. The average molecular weight is 527 g/mol. The van der Waals surface area contributed by atoms with E-state index >= 15 is 0 Å². The molecule has 39 heavy (non-hydrogen) atoms. The molecule has 1 aliphatic carbocycles. The highest BCUT2D eigenvalue weighted by Crippen LogP contribution is 2.43. The fourth-order valence-corrected chi connectivity index (χ4v) is 5.67. The maximum absolute atomic E-state index is 12.9. The van der Waals surface area contributed by atoms with Crippen molar-refractivity contribution in [2.45, 2.75) is 58.0 Å². The molecular formula is C31H38N6O2. The van der Waals surface area contributed by atoms with Crippen molar-refractivity contribution in [2.75, 3.05) is 18.1 Å². The van der Waals surface area contributed by atoms with E-state index in [2.05, 4.69) is 32.7 Å². The van der Waals surface area contributed by atoms with E-state index in [4.69, 9.17) is 11.5 Å². The predicted molar refractivity (Wildman–Crippen MR) is 157 cm³/mol. The molecule has 1 saturated carbocycles. The molecule has 1 aromatic carbocycles. The zero-order chi connectivity index (χ0) is 28.1. The maximum Gasteiger partial charge on any atom is 0.251 e. The molecular weight excluding hydrogens is 488 g/mol. The summed E-state index contributed by atoms with van der Waals surface area (Å²) in [5, 5.41) is 6.23. The van der Waals surface area contributed by atoms with Gasteiger partial charge in [0.2, 0.25) is 0 Å². The van der Waals surface area contributed by atoms with Gasteiger partial charge in [0.15, 0.2) is 6.29 Å². The van der Waals surface area contributed by atoms with Crippen molar-refractivity contribution < 1.29 is 9.59 Å². The van der Waals surface area contributed by atoms with Crippen LogP contribution < -0.4 is 22.1 Å². The number of nitrogens with two attached hydrogens (primary N) is 2. The van der Waals surface area contributed by atoms with E-state index in [1.807, 2.05) is 58.4 Å². The van der Waals surface area contributed by atoms with Crippen LogP contribution in [0.2, 0.25) is 0 Å². The van der Waals surface area contributed by atoms with Crippen molar-refractivity contribution in [3.8, 4) is 11.3 Å². The third-order valence-corrected chi connectivity index (χ3v) is 7.51. The Hall–Kier alpha value is -4.04. The molecule has 1 amide bonds. The Morgan fingerprint density at radius 3 is 2.67 bits per heavy atom. The van der Waals surface area contributed by atoms with Gasteiger partial charge in [-0.3, -0.25) is 14.6 Å². The van der Waals surface area contributed by atoms with Crippen molar-refractivity contribution in [1.82, 2.24) is 15.3 Å². The molecule has 2 heterocycles. The number of hydrogen-bond acceptors (Lipinski definition) is 7. The van der Waals surface area contributed by atoms with E-state index in [-0.39, 0.29) is 35.5 Å². The normalized spacial score (nSPS) is 20.2. The van der Waals surface area contributed by atoms with Crippen LogP contribution in [0.1, 0.15) is 71.5 Å². The molecule has 1 fully saturated rings. The van der Waals surface area contributed by atoms with Crippen molar-refractivity contribution in [2.24, 2.45) is 11.7 Å². The van der Waals surface area contributed by atoms with Gasteiger partial charge in [0, 0.05) is 36.5 Å². The first-order valence-corrected chi connectivity index (χ1v) is 13.4. The number of nitrogens with one attached hydrogen (secondary N) is 2. The van der Waals surface area contributed by atoms with Gasteiger partial charge in [0.1, 0.15) is 5.69 Å². The summed E-state index contributed by atoms with van der Waals surface area (Å²) in [7, 11) is 1.91. The van der Waals surface area contributed by atoms with E-state index in [1.165, 1.54) is 11.1 Å². The Bertz CT molecular complexity index is 1380. The number of nitrogens with zero attached hydrogens (tertiary/aromatic N) is 2. The molecule has 8 nitrogen and oxygen atoms in total. The Morgan fingerprint density at radius 1 is 1.18 bits per heavy atom. The molecule has 0 radical (unpaired) electrons. The lowest BCUT2D eigenvalue weighted by Crippen LogP contribution is -2.36. The molecule has 0 aliphatic heterocycles. The lowest BCUT2D eigenvalue weighted by Gasteiger charge is -2.37. The SMILES string of the molecule is C/C=C1/C(N)CC(c2ccncc2NC)CC1Cc1ccc(C(=O)NC(C)C)cc1-c1ccc(N)c(C=O)n1. The van der Waals surface area contributed by atoms with E-state index in [9.17, 15) is 9.59 Å². The Labute approximate surface area is 230 Å². The summed E-state index contributed by atoms with van der Waals surface area (Å²) in [5.41, 5.74) is 19.7. The van der Waals surface area contributed by atoms with Crippen LogP contribution in [0.25, 0.3) is 11.3 Å². The molecule has 8 heteroatoms. The van der Waals surface area contributed by atoms with E-state index in [0.29, 0.717) is 29.7 Å². The predicted octanol–water partition coefficient (Wildman–Crippen LogP) is 4.73. The fraction of sp³-hybridized carbons (Fsp3) is 0.355. The number of benzene rings is 1. The number of aldehydes is 1. The molecule has 6 N–H and O–H groups in total. The Morgan fingerprint density at radius 2 is 1.97 bits per heavy atom. The van der Waals surface area contributed by atoms with Crippen LogP contribution in [-0.4, -0.2) is 41.3 Å². The minimum absolute atomic E-state index is 0.00513. The van der Waals surface area contributed by atoms with Gasteiger partial charge in [0.25, 0.3) is 5.91 Å².